The van der Waals surface area contributed by atoms with Gasteiger partial charge in [-0.1, -0.05) is 0 Å². The topological polar surface area (TPSA) is 115 Å². The molecule has 1 aromatic rings. The molecule has 8 nitrogen and oxygen atoms in total. The first-order chi connectivity index (χ1) is 11.7. The third-order valence-corrected chi connectivity index (χ3v) is 3.60. The van der Waals surface area contributed by atoms with Gasteiger partial charge in [-0.3, -0.25) is 14.9 Å². The van der Waals surface area contributed by atoms with Gasteiger partial charge in [0.05, 0.1) is 18.0 Å². The fourth-order valence-corrected chi connectivity index (χ4v) is 2.64. The zero-order valence-electron chi connectivity index (χ0n) is 15.9. The highest BCUT2D eigenvalue weighted by molar-refractivity contribution is 7.13. The number of esters is 1. The molecule has 0 spiro atoms. The number of rotatable bonds is 6. The lowest BCUT2D eigenvalue weighted by molar-refractivity contribution is -0.159. The molecular weight excluding hydrogens is 360 g/mol. The minimum atomic E-state index is -1.11. The van der Waals surface area contributed by atoms with E-state index in [1.54, 1.807) is 46.9 Å². The molecule has 1 amide bonds. The number of nitrogens with one attached hydrogen (secondary N) is 1. The lowest BCUT2D eigenvalue weighted by Crippen LogP contribution is -2.28. The van der Waals surface area contributed by atoms with Gasteiger partial charge in [0, 0.05) is 11.8 Å². The predicted molar refractivity (Wildman–Crippen MR) is 97.3 cm³/mol. The summed E-state index contributed by atoms with van der Waals surface area (Å²) in [4.78, 5) is 39.2. The zero-order chi connectivity index (χ0) is 20.1. The molecule has 0 saturated heterocycles. The Kier molecular flexibility index (Phi) is 7.14. The van der Waals surface area contributed by atoms with Crippen molar-refractivity contribution in [1.82, 2.24) is 4.98 Å². The average Bonchev–Trinajstić information content (AvgIpc) is 2.80. The number of hydrogen-bond acceptors (Lipinski definition) is 7. The fourth-order valence-electron chi connectivity index (χ4n) is 1.93. The van der Waals surface area contributed by atoms with Crippen molar-refractivity contribution in [2.45, 2.75) is 65.6 Å². The Hall–Kier alpha value is -2.16. The molecule has 0 aliphatic carbocycles. The van der Waals surface area contributed by atoms with E-state index in [1.165, 1.54) is 0 Å². The molecule has 0 aliphatic heterocycles. The predicted octanol–water partition coefficient (Wildman–Crippen LogP) is 3.47. The first-order valence-corrected chi connectivity index (χ1v) is 9.02. The van der Waals surface area contributed by atoms with Crippen molar-refractivity contribution in [1.29, 1.82) is 0 Å². The van der Waals surface area contributed by atoms with Crippen molar-refractivity contribution >= 4 is 34.5 Å². The molecule has 26 heavy (non-hydrogen) atoms. The maximum Gasteiger partial charge on any atom is 0.413 e. The number of hydrogen-bond donors (Lipinski definition) is 2. The second kappa shape index (κ2) is 8.48. The standard InChI is InChI=1S/C17H26N2O6S/c1-16(2,3)24-12(20)8-10(13(21)22)7-11-9-26-14(18-11)19-15(23)25-17(4,5)6/h9-10H,7-8H2,1-6H3,(H,21,22)(H,18,19,23)/t10-/m1/s1. The van der Waals surface area contributed by atoms with Crippen LogP contribution in [0.15, 0.2) is 5.38 Å². The molecule has 1 heterocycles. The lowest BCUT2D eigenvalue weighted by atomic mass is 10.00. The Balaban J connectivity index is 2.68. The summed E-state index contributed by atoms with van der Waals surface area (Å²) in [6.07, 6.45) is -0.832. The van der Waals surface area contributed by atoms with E-state index in [-0.39, 0.29) is 12.8 Å². The minimum absolute atomic E-state index is 0.0566. The smallest absolute Gasteiger partial charge is 0.413 e. The molecule has 1 aromatic heterocycles. The van der Waals surface area contributed by atoms with Gasteiger partial charge >= 0.3 is 18.0 Å². The normalized spacial score (nSPS) is 13.0. The summed E-state index contributed by atoms with van der Waals surface area (Å²) in [6.45, 7) is 10.4. The van der Waals surface area contributed by atoms with Gasteiger partial charge in [0.2, 0.25) is 0 Å². The molecule has 0 bridgehead atoms. The Labute approximate surface area is 156 Å². The Morgan fingerprint density at radius 3 is 2.23 bits per heavy atom. The van der Waals surface area contributed by atoms with E-state index in [4.69, 9.17) is 9.47 Å². The maximum absolute atomic E-state index is 11.9. The van der Waals surface area contributed by atoms with E-state index >= 15 is 0 Å². The van der Waals surface area contributed by atoms with E-state index in [1.807, 2.05) is 0 Å². The van der Waals surface area contributed by atoms with Gasteiger partial charge in [-0.25, -0.2) is 9.78 Å². The number of aromatic nitrogens is 1. The number of carboxylic acid groups (broad SMARTS) is 1. The summed E-state index contributed by atoms with van der Waals surface area (Å²) in [5.74, 6) is -2.64. The molecule has 0 aromatic carbocycles. The van der Waals surface area contributed by atoms with Crippen molar-refractivity contribution in [3.63, 3.8) is 0 Å². The molecule has 0 saturated carbocycles. The molecule has 0 aliphatic rings. The SMILES string of the molecule is CC(C)(C)OC(=O)C[C@@H](Cc1csc(NC(=O)OC(C)(C)C)n1)C(=O)O. The number of ether oxygens (including phenoxy) is 2. The lowest BCUT2D eigenvalue weighted by Gasteiger charge is -2.20. The number of amides is 1. The molecule has 0 fully saturated rings. The van der Waals surface area contributed by atoms with Gasteiger partial charge in [0.25, 0.3) is 0 Å². The highest BCUT2D eigenvalue weighted by Gasteiger charge is 2.26. The van der Waals surface area contributed by atoms with Crippen LogP contribution in [0.3, 0.4) is 0 Å². The van der Waals surface area contributed by atoms with Crippen molar-refractivity contribution in [3.05, 3.63) is 11.1 Å². The van der Waals surface area contributed by atoms with Crippen LogP contribution in [0, 0.1) is 5.92 Å². The van der Waals surface area contributed by atoms with E-state index in [0.717, 1.165) is 11.3 Å². The summed E-state index contributed by atoms with van der Waals surface area (Å²) in [5.41, 5.74) is -0.839. The second-order valence-corrected chi connectivity index (χ2v) is 8.66. The Morgan fingerprint density at radius 1 is 1.15 bits per heavy atom. The van der Waals surface area contributed by atoms with E-state index in [0.29, 0.717) is 10.8 Å². The Bertz CT molecular complexity index is 657. The van der Waals surface area contributed by atoms with Crippen LogP contribution in [0.25, 0.3) is 0 Å². The number of carbonyl (C=O) groups is 3. The number of carboxylic acids is 1. The molecule has 0 unspecified atom stereocenters. The molecule has 1 rings (SSSR count). The Morgan fingerprint density at radius 2 is 1.73 bits per heavy atom. The van der Waals surface area contributed by atoms with Crippen LogP contribution in [-0.4, -0.2) is 39.3 Å². The van der Waals surface area contributed by atoms with Gasteiger partial charge in [0.15, 0.2) is 5.13 Å². The van der Waals surface area contributed by atoms with Crippen LogP contribution in [0.1, 0.15) is 53.7 Å². The van der Waals surface area contributed by atoms with Crippen molar-refractivity contribution in [2.24, 2.45) is 5.92 Å². The molecule has 9 heteroatoms. The average molecular weight is 386 g/mol. The summed E-state index contributed by atoms with van der Waals surface area (Å²) < 4.78 is 10.3. The summed E-state index contributed by atoms with van der Waals surface area (Å²) in [6, 6.07) is 0. The van der Waals surface area contributed by atoms with Gasteiger partial charge < -0.3 is 14.6 Å². The van der Waals surface area contributed by atoms with Crippen LogP contribution in [0.4, 0.5) is 9.93 Å². The van der Waals surface area contributed by atoms with Gasteiger partial charge in [-0.15, -0.1) is 11.3 Å². The minimum Gasteiger partial charge on any atom is -0.481 e. The number of anilines is 1. The molecule has 146 valence electrons. The zero-order valence-corrected chi connectivity index (χ0v) is 16.7. The first kappa shape index (κ1) is 21.9. The van der Waals surface area contributed by atoms with Crippen molar-refractivity contribution < 1.29 is 29.0 Å². The van der Waals surface area contributed by atoms with Crippen molar-refractivity contribution in [3.8, 4) is 0 Å². The maximum atomic E-state index is 11.9. The molecular formula is C17H26N2O6S. The highest BCUT2D eigenvalue weighted by atomic mass is 32.1. The van der Waals surface area contributed by atoms with E-state index < -0.39 is 35.2 Å². The van der Waals surface area contributed by atoms with E-state index in [2.05, 4.69) is 10.3 Å². The molecule has 2 N–H and O–H groups in total. The van der Waals surface area contributed by atoms with Crippen molar-refractivity contribution in [2.75, 3.05) is 5.32 Å². The second-order valence-electron chi connectivity index (χ2n) is 7.80. The first-order valence-electron chi connectivity index (χ1n) is 8.14. The summed E-state index contributed by atoms with van der Waals surface area (Å²) >= 11 is 1.15. The quantitative estimate of drug-likeness (QED) is 0.719. The fraction of sp³-hybridized carbons (Fsp3) is 0.647. The number of thiazole rings is 1. The number of aliphatic carboxylic acids is 1. The summed E-state index contributed by atoms with van der Waals surface area (Å²) in [7, 11) is 0. The number of nitrogens with zero attached hydrogens (tertiary/aromatic N) is 1. The monoisotopic (exact) mass is 386 g/mol. The third kappa shape index (κ3) is 8.80. The van der Waals surface area contributed by atoms with E-state index in [9.17, 15) is 19.5 Å². The van der Waals surface area contributed by atoms with Gasteiger partial charge in [0.1, 0.15) is 11.2 Å². The molecule has 1 atom stereocenters. The van der Waals surface area contributed by atoms with Gasteiger partial charge in [-0.2, -0.15) is 0 Å². The largest absolute Gasteiger partial charge is 0.481 e. The summed E-state index contributed by atoms with van der Waals surface area (Å²) in [5, 5.41) is 13.8. The highest BCUT2D eigenvalue weighted by Crippen LogP contribution is 2.21. The van der Waals surface area contributed by atoms with Crippen LogP contribution >= 0.6 is 11.3 Å². The van der Waals surface area contributed by atoms with Crippen LogP contribution in [0.5, 0.6) is 0 Å². The number of carbonyl (C=O) groups excluding carboxylic acids is 2. The van der Waals surface area contributed by atoms with Crippen LogP contribution in [-0.2, 0) is 25.5 Å². The van der Waals surface area contributed by atoms with Crippen LogP contribution < -0.4 is 5.32 Å². The van der Waals surface area contributed by atoms with Gasteiger partial charge in [-0.05, 0) is 41.5 Å². The van der Waals surface area contributed by atoms with Crippen LogP contribution in [0.2, 0.25) is 0 Å². The molecule has 0 radical (unpaired) electrons. The third-order valence-electron chi connectivity index (χ3n) is 2.80.